The van der Waals surface area contributed by atoms with Gasteiger partial charge in [0.1, 0.15) is 0 Å². The molecule has 0 aromatic heterocycles. The Labute approximate surface area is 70.4 Å². The van der Waals surface area contributed by atoms with Gasteiger partial charge >= 0.3 is 0 Å². The van der Waals surface area contributed by atoms with Crippen LogP contribution in [0.25, 0.3) is 10.8 Å². The molecule has 0 aliphatic rings. The Balaban J connectivity index is 2.91. The standard InChI is InChI=1S/C10H6Cl/c11-10-7-3-5-8-4-1-2-6-9(8)10/h1-5,7H. The molecule has 0 spiro atoms. The Bertz CT molecular complexity index is 374. The third-order valence-electron chi connectivity index (χ3n) is 1.65. The maximum Gasteiger partial charge on any atom is 0.0490 e. The van der Waals surface area contributed by atoms with E-state index in [1.54, 1.807) is 0 Å². The van der Waals surface area contributed by atoms with Gasteiger partial charge in [-0.25, -0.2) is 0 Å². The fourth-order valence-corrected chi connectivity index (χ4v) is 1.35. The highest BCUT2D eigenvalue weighted by molar-refractivity contribution is 6.35. The van der Waals surface area contributed by atoms with Crippen molar-refractivity contribution in [2.75, 3.05) is 0 Å². The van der Waals surface area contributed by atoms with Gasteiger partial charge in [0, 0.05) is 10.4 Å². The lowest BCUT2D eigenvalue weighted by Gasteiger charge is -1.96. The third kappa shape index (κ3) is 1.10. The van der Waals surface area contributed by atoms with Crippen LogP contribution in [0.2, 0.25) is 5.02 Å². The van der Waals surface area contributed by atoms with E-state index in [2.05, 4.69) is 6.07 Å². The van der Waals surface area contributed by atoms with Crippen LogP contribution in [0.1, 0.15) is 0 Å². The summed E-state index contributed by atoms with van der Waals surface area (Å²) in [6.07, 6.45) is 0. The fraction of sp³-hybridized carbons (Fsp3) is 0. The summed E-state index contributed by atoms with van der Waals surface area (Å²) in [4.78, 5) is 0. The molecule has 2 aromatic rings. The van der Waals surface area contributed by atoms with Gasteiger partial charge in [0.25, 0.3) is 0 Å². The van der Waals surface area contributed by atoms with Crippen molar-refractivity contribution in [3.63, 3.8) is 0 Å². The maximum absolute atomic E-state index is 5.93. The van der Waals surface area contributed by atoms with Crippen molar-refractivity contribution in [3.8, 4) is 0 Å². The van der Waals surface area contributed by atoms with Gasteiger partial charge in [0.2, 0.25) is 0 Å². The van der Waals surface area contributed by atoms with E-state index < -0.39 is 0 Å². The van der Waals surface area contributed by atoms with Crippen LogP contribution in [0.3, 0.4) is 0 Å². The van der Waals surface area contributed by atoms with Crippen LogP contribution in [0, 0.1) is 6.07 Å². The molecule has 2 rings (SSSR count). The molecule has 1 heteroatoms. The molecule has 0 saturated heterocycles. The molecule has 0 nitrogen and oxygen atoms in total. The lowest BCUT2D eigenvalue weighted by atomic mass is 10.1. The van der Waals surface area contributed by atoms with Crippen LogP contribution < -0.4 is 0 Å². The van der Waals surface area contributed by atoms with Gasteiger partial charge < -0.3 is 0 Å². The highest BCUT2D eigenvalue weighted by Gasteiger charge is 1.94. The van der Waals surface area contributed by atoms with E-state index >= 15 is 0 Å². The highest BCUT2D eigenvalue weighted by atomic mass is 35.5. The van der Waals surface area contributed by atoms with E-state index in [0.29, 0.717) is 0 Å². The molecular weight excluding hydrogens is 156 g/mol. The second-order valence-corrected chi connectivity index (χ2v) is 2.78. The molecule has 0 amide bonds. The first-order valence-corrected chi connectivity index (χ1v) is 3.80. The van der Waals surface area contributed by atoms with Gasteiger partial charge in [0.05, 0.1) is 0 Å². The van der Waals surface area contributed by atoms with Crippen molar-refractivity contribution in [1.82, 2.24) is 0 Å². The van der Waals surface area contributed by atoms with E-state index in [9.17, 15) is 0 Å². The Morgan fingerprint density at radius 2 is 1.91 bits per heavy atom. The topological polar surface area (TPSA) is 0 Å². The Morgan fingerprint density at radius 3 is 2.73 bits per heavy atom. The summed E-state index contributed by atoms with van der Waals surface area (Å²) in [7, 11) is 0. The van der Waals surface area contributed by atoms with Crippen molar-refractivity contribution in [2.45, 2.75) is 0 Å². The lowest BCUT2D eigenvalue weighted by molar-refractivity contribution is 1.74. The van der Waals surface area contributed by atoms with Gasteiger partial charge in [-0.1, -0.05) is 41.9 Å². The molecule has 0 N–H and O–H groups in total. The Morgan fingerprint density at radius 1 is 1.09 bits per heavy atom. The summed E-state index contributed by atoms with van der Waals surface area (Å²) in [5, 5.41) is 2.90. The summed E-state index contributed by atoms with van der Waals surface area (Å²) in [6.45, 7) is 0. The zero-order valence-corrected chi connectivity index (χ0v) is 6.60. The number of rotatable bonds is 0. The zero-order valence-electron chi connectivity index (χ0n) is 5.84. The molecule has 0 aliphatic heterocycles. The summed E-state index contributed by atoms with van der Waals surface area (Å²) in [5.74, 6) is 0. The summed E-state index contributed by atoms with van der Waals surface area (Å²) < 4.78 is 0. The first-order valence-electron chi connectivity index (χ1n) is 3.43. The first-order chi connectivity index (χ1) is 5.38. The number of hydrogen-bond acceptors (Lipinski definition) is 0. The van der Waals surface area contributed by atoms with E-state index in [-0.39, 0.29) is 0 Å². The molecule has 0 fully saturated rings. The molecular formula is C10H6Cl. The maximum atomic E-state index is 5.93. The zero-order chi connectivity index (χ0) is 7.68. The quantitative estimate of drug-likeness (QED) is 0.556. The van der Waals surface area contributed by atoms with Gasteiger partial charge in [0.15, 0.2) is 0 Å². The molecule has 0 unspecified atom stereocenters. The van der Waals surface area contributed by atoms with Gasteiger partial charge in [-0.2, -0.15) is 0 Å². The van der Waals surface area contributed by atoms with Crippen LogP contribution >= 0.6 is 11.6 Å². The molecule has 11 heavy (non-hydrogen) atoms. The van der Waals surface area contributed by atoms with Crippen molar-refractivity contribution in [1.29, 1.82) is 0 Å². The minimum Gasteiger partial charge on any atom is -0.0836 e. The third-order valence-corrected chi connectivity index (χ3v) is 1.96. The number of hydrogen-bond donors (Lipinski definition) is 0. The number of benzene rings is 2. The summed E-state index contributed by atoms with van der Waals surface area (Å²) in [6, 6.07) is 14.8. The largest absolute Gasteiger partial charge is 0.0836 e. The predicted octanol–water partition coefficient (Wildman–Crippen LogP) is 3.29. The molecule has 53 valence electrons. The second kappa shape index (κ2) is 2.55. The van der Waals surface area contributed by atoms with E-state index in [0.717, 1.165) is 15.8 Å². The molecule has 2 aromatic carbocycles. The fourth-order valence-electron chi connectivity index (χ4n) is 1.12. The van der Waals surface area contributed by atoms with E-state index in [1.807, 2.05) is 36.4 Å². The second-order valence-electron chi connectivity index (χ2n) is 2.37. The van der Waals surface area contributed by atoms with Crippen molar-refractivity contribution in [3.05, 3.63) is 47.5 Å². The Kier molecular flexibility index (Phi) is 1.55. The van der Waals surface area contributed by atoms with Crippen LogP contribution in [0.15, 0.2) is 36.4 Å². The molecule has 1 radical (unpaired) electrons. The van der Waals surface area contributed by atoms with E-state index in [1.165, 1.54) is 0 Å². The predicted molar refractivity (Wildman–Crippen MR) is 47.8 cm³/mol. The van der Waals surface area contributed by atoms with Gasteiger partial charge in [-0.3, -0.25) is 0 Å². The molecule has 0 heterocycles. The molecule has 0 bridgehead atoms. The van der Waals surface area contributed by atoms with E-state index in [4.69, 9.17) is 11.6 Å². The van der Waals surface area contributed by atoms with Crippen molar-refractivity contribution >= 4 is 22.4 Å². The molecule has 0 aliphatic carbocycles. The Hall–Kier alpha value is -1.01. The van der Waals surface area contributed by atoms with Crippen molar-refractivity contribution in [2.24, 2.45) is 0 Å². The summed E-state index contributed by atoms with van der Waals surface area (Å²) in [5.41, 5.74) is 0. The van der Waals surface area contributed by atoms with Crippen molar-refractivity contribution < 1.29 is 0 Å². The number of halogens is 1. The first kappa shape index (κ1) is 6.68. The average molecular weight is 162 g/mol. The SMILES string of the molecule is Clc1cccc2ccc[c]c12. The molecule has 0 saturated carbocycles. The molecule has 0 atom stereocenters. The number of fused-ring (bicyclic) bond motifs is 1. The van der Waals surface area contributed by atoms with Crippen LogP contribution in [0.4, 0.5) is 0 Å². The van der Waals surface area contributed by atoms with Crippen LogP contribution in [-0.4, -0.2) is 0 Å². The minimum absolute atomic E-state index is 0.767. The van der Waals surface area contributed by atoms with Gasteiger partial charge in [-0.05, 0) is 17.5 Å². The normalized spacial score (nSPS) is 10.3. The van der Waals surface area contributed by atoms with Gasteiger partial charge in [-0.15, -0.1) is 0 Å². The lowest BCUT2D eigenvalue weighted by Crippen LogP contribution is -1.71. The smallest absolute Gasteiger partial charge is 0.0490 e. The monoisotopic (exact) mass is 161 g/mol. The average Bonchev–Trinajstić information content (AvgIpc) is 2.06. The van der Waals surface area contributed by atoms with Crippen LogP contribution in [-0.2, 0) is 0 Å². The highest BCUT2D eigenvalue weighted by Crippen LogP contribution is 2.21. The minimum atomic E-state index is 0.767. The summed E-state index contributed by atoms with van der Waals surface area (Å²) >= 11 is 5.93. The van der Waals surface area contributed by atoms with Crippen LogP contribution in [0.5, 0.6) is 0 Å².